The summed E-state index contributed by atoms with van der Waals surface area (Å²) in [7, 11) is 0. The summed E-state index contributed by atoms with van der Waals surface area (Å²) < 4.78 is 0. The predicted molar refractivity (Wildman–Crippen MR) is 71.5 cm³/mol. The van der Waals surface area contributed by atoms with Gasteiger partial charge < -0.3 is 0 Å². The van der Waals surface area contributed by atoms with Crippen LogP contribution in [-0.2, 0) is 4.79 Å². The molecule has 0 aliphatic rings. The van der Waals surface area contributed by atoms with Crippen molar-refractivity contribution in [2.24, 2.45) is 16.7 Å². The van der Waals surface area contributed by atoms with Crippen LogP contribution in [0.15, 0.2) is 11.1 Å². The molecule has 0 aromatic carbocycles. The Labute approximate surface area is 101 Å². The maximum absolute atomic E-state index is 11.7. The molecule has 0 N–H and O–H groups in total. The van der Waals surface area contributed by atoms with E-state index in [9.17, 15) is 4.79 Å². The number of Topliss-reactive ketones (excluding diaryl/α,β-unsaturated/α-hetero) is 1. The SMILES string of the molecule is CC(=O)C(C)(C)C(C)=C(C)C(C)(C)C(C)C. The molecule has 16 heavy (non-hydrogen) atoms. The van der Waals surface area contributed by atoms with E-state index >= 15 is 0 Å². The first kappa shape index (κ1) is 15.4. The van der Waals surface area contributed by atoms with Gasteiger partial charge in [0.05, 0.1) is 0 Å². The summed E-state index contributed by atoms with van der Waals surface area (Å²) in [6.45, 7) is 19.0. The third-order valence-electron chi connectivity index (χ3n) is 4.79. The fourth-order valence-electron chi connectivity index (χ4n) is 1.65. The number of ketones is 1. The Morgan fingerprint density at radius 1 is 0.875 bits per heavy atom. The van der Waals surface area contributed by atoms with Crippen LogP contribution in [0.2, 0.25) is 0 Å². The minimum atomic E-state index is -0.337. The van der Waals surface area contributed by atoms with Gasteiger partial charge in [0.15, 0.2) is 0 Å². The van der Waals surface area contributed by atoms with Gasteiger partial charge in [0.25, 0.3) is 0 Å². The lowest BCUT2D eigenvalue weighted by molar-refractivity contribution is -0.123. The highest BCUT2D eigenvalue weighted by atomic mass is 16.1. The van der Waals surface area contributed by atoms with Gasteiger partial charge in [0, 0.05) is 5.41 Å². The number of carbonyl (C=O) groups excluding carboxylic acids is 1. The summed E-state index contributed by atoms with van der Waals surface area (Å²) >= 11 is 0. The molecule has 0 unspecified atom stereocenters. The molecule has 0 fully saturated rings. The molecule has 0 rings (SSSR count). The van der Waals surface area contributed by atoms with Crippen LogP contribution in [0.1, 0.15) is 62.3 Å². The fourth-order valence-corrected chi connectivity index (χ4v) is 1.65. The lowest BCUT2D eigenvalue weighted by Crippen LogP contribution is -2.29. The summed E-state index contributed by atoms with van der Waals surface area (Å²) in [6.07, 6.45) is 0. The van der Waals surface area contributed by atoms with Crippen molar-refractivity contribution in [3.05, 3.63) is 11.1 Å². The Balaban J connectivity index is 5.52. The van der Waals surface area contributed by atoms with Crippen LogP contribution < -0.4 is 0 Å². The average molecular weight is 224 g/mol. The van der Waals surface area contributed by atoms with Gasteiger partial charge in [-0.1, -0.05) is 38.8 Å². The number of hydrogen-bond acceptors (Lipinski definition) is 1. The number of rotatable bonds is 4. The van der Waals surface area contributed by atoms with Crippen LogP contribution >= 0.6 is 0 Å². The standard InChI is InChI=1S/C15H28O/c1-10(2)14(6,7)11(3)12(4)15(8,9)13(5)16/h10H,1-9H3. The van der Waals surface area contributed by atoms with E-state index in [1.54, 1.807) is 6.92 Å². The summed E-state index contributed by atoms with van der Waals surface area (Å²) in [5.74, 6) is 0.814. The molecule has 1 nitrogen and oxygen atoms in total. The highest BCUT2D eigenvalue weighted by Gasteiger charge is 2.32. The quantitative estimate of drug-likeness (QED) is 0.637. The summed E-state index contributed by atoms with van der Waals surface area (Å²) in [4.78, 5) is 11.7. The van der Waals surface area contributed by atoms with Gasteiger partial charge in [-0.25, -0.2) is 0 Å². The second kappa shape index (κ2) is 4.73. The van der Waals surface area contributed by atoms with Gasteiger partial charge in [0.1, 0.15) is 5.78 Å². The van der Waals surface area contributed by atoms with Crippen LogP contribution in [0.4, 0.5) is 0 Å². The Morgan fingerprint density at radius 3 is 1.50 bits per heavy atom. The highest BCUT2D eigenvalue weighted by Crippen LogP contribution is 2.41. The van der Waals surface area contributed by atoms with Crippen LogP contribution in [0.5, 0.6) is 0 Å². The molecule has 0 spiro atoms. The minimum absolute atomic E-state index is 0.150. The molecule has 0 radical (unpaired) electrons. The normalized spacial score (nSPS) is 15.1. The van der Waals surface area contributed by atoms with Crippen molar-refractivity contribution in [2.45, 2.75) is 62.3 Å². The Hall–Kier alpha value is -0.590. The Morgan fingerprint density at radius 2 is 1.25 bits per heavy atom. The number of carbonyl (C=O) groups is 1. The molecule has 94 valence electrons. The van der Waals surface area contributed by atoms with E-state index < -0.39 is 0 Å². The molecule has 0 aliphatic carbocycles. The molecule has 0 atom stereocenters. The smallest absolute Gasteiger partial charge is 0.139 e. The van der Waals surface area contributed by atoms with E-state index in [2.05, 4.69) is 41.5 Å². The zero-order chi connectivity index (χ0) is 13.3. The van der Waals surface area contributed by atoms with Crippen molar-refractivity contribution in [1.29, 1.82) is 0 Å². The van der Waals surface area contributed by atoms with Crippen LogP contribution in [0.3, 0.4) is 0 Å². The molecular weight excluding hydrogens is 196 g/mol. The van der Waals surface area contributed by atoms with Crippen molar-refractivity contribution in [3.63, 3.8) is 0 Å². The Bertz CT molecular complexity index is 303. The maximum Gasteiger partial charge on any atom is 0.139 e. The van der Waals surface area contributed by atoms with Crippen LogP contribution in [0, 0.1) is 16.7 Å². The molecule has 0 amide bonds. The minimum Gasteiger partial charge on any atom is -0.299 e. The van der Waals surface area contributed by atoms with Gasteiger partial charge in [-0.05, 0) is 46.0 Å². The molecule has 0 saturated heterocycles. The van der Waals surface area contributed by atoms with Gasteiger partial charge in [-0.15, -0.1) is 0 Å². The second-order valence-electron chi connectivity index (χ2n) is 6.31. The number of allylic oxidation sites excluding steroid dienone is 2. The molecule has 0 bridgehead atoms. The van der Waals surface area contributed by atoms with Crippen molar-refractivity contribution < 1.29 is 4.79 Å². The monoisotopic (exact) mass is 224 g/mol. The van der Waals surface area contributed by atoms with Gasteiger partial charge in [0.2, 0.25) is 0 Å². The molecule has 0 saturated carbocycles. The number of hydrogen-bond donors (Lipinski definition) is 0. The first-order valence-corrected chi connectivity index (χ1v) is 6.15. The van der Waals surface area contributed by atoms with Crippen LogP contribution in [0.25, 0.3) is 0 Å². The van der Waals surface area contributed by atoms with Gasteiger partial charge in [-0.3, -0.25) is 4.79 Å². The van der Waals surface area contributed by atoms with Gasteiger partial charge >= 0.3 is 0 Å². The van der Waals surface area contributed by atoms with Gasteiger partial charge in [-0.2, -0.15) is 0 Å². The Kier molecular flexibility index (Phi) is 4.55. The van der Waals surface area contributed by atoms with Crippen molar-refractivity contribution >= 4 is 5.78 Å². The fraction of sp³-hybridized carbons (Fsp3) is 0.800. The molecular formula is C15H28O. The van der Waals surface area contributed by atoms with E-state index in [0.29, 0.717) is 5.92 Å². The predicted octanol–water partition coefficient (Wildman–Crippen LogP) is 4.62. The van der Waals surface area contributed by atoms with Crippen molar-refractivity contribution in [2.75, 3.05) is 0 Å². The third kappa shape index (κ3) is 2.75. The van der Waals surface area contributed by atoms with E-state index in [1.807, 2.05) is 13.8 Å². The molecule has 0 aromatic rings. The second-order valence-corrected chi connectivity index (χ2v) is 6.31. The van der Waals surface area contributed by atoms with Crippen molar-refractivity contribution in [3.8, 4) is 0 Å². The van der Waals surface area contributed by atoms with E-state index in [0.717, 1.165) is 0 Å². The lowest BCUT2D eigenvalue weighted by Gasteiger charge is -2.36. The maximum atomic E-state index is 11.7. The largest absolute Gasteiger partial charge is 0.299 e. The zero-order valence-corrected chi connectivity index (χ0v) is 12.5. The van der Waals surface area contributed by atoms with Crippen molar-refractivity contribution in [1.82, 2.24) is 0 Å². The zero-order valence-electron chi connectivity index (χ0n) is 12.5. The van der Waals surface area contributed by atoms with E-state index in [-0.39, 0.29) is 16.6 Å². The topological polar surface area (TPSA) is 17.1 Å². The molecule has 0 aliphatic heterocycles. The first-order valence-electron chi connectivity index (χ1n) is 6.15. The van der Waals surface area contributed by atoms with Crippen LogP contribution in [-0.4, -0.2) is 5.78 Å². The molecule has 0 heterocycles. The van der Waals surface area contributed by atoms with E-state index in [1.165, 1.54) is 11.1 Å². The summed E-state index contributed by atoms with van der Waals surface area (Å²) in [6, 6.07) is 0. The first-order chi connectivity index (χ1) is 6.95. The highest BCUT2D eigenvalue weighted by molar-refractivity contribution is 5.84. The third-order valence-corrected chi connectivity index (χ3v) is 4.79. The summed E-state index contributed by atoms with van der Waals surface area (Å²) in [5, 5.41) is 0. The average Bonchev–Trinajstić information content (AvgIpc) is 2.14. The molecule has 0 aromatic heterocycles. The van der Waals surface area contributed by atoms with E-state index in [4.69, 9.17) is 0 Å². The summed E-state index contributed by atoms with van der Waals surface area (Å²) in [5.41, 5.74) is 2.38. The molecule has 1 heteroatoms. The lowest BCUT2D eigenvalue weighted by atomic mass is 9.69.